The summed E-state index contributed by atoms with van der Waals surface area (Å²) in [6.45, 7) is 1.84. The number of benzene rings is 1. The molecule has 1 amide bonds. The van der Waals surface area contributed by atoms with Gasteiger partial charge in [-0.15, -0.1) is 0 Å². The lowest BCUT2D eigenvalue weighted by atomic mass is 10.0. The summed E-state index contributed by atoms with van der Waals surface area (Å²) >= 11 is 0. The number of rotatable bonds is 4. The SMILES string of the molecule is O=C(N[C@H]1CCOC[C@H]1Nc1ccncn1)c1ccc2c(c1)CCO2. The number of anilines is 1. The van der Waals surface area contributed by atoms with E-state index in [1.807, 2.05) is 18.2 Å². The third kappa shape index (κ3) is 3.56. The van der Waals surface area contributed by atoms with Crippen molar-refractivity contribution in [2.45, 2.75) is 24.9 Å². The molecule has 1 aromatic heterocycles. The molecule has 2 aromatic rings. The Hall–Kier alpha value is -2.67. The number of carbonyl (C=O) groups excluding carboxylic acids is 1. The Morgan fingerprint density at radius 2 is 2.16 bits per heavy atom. The molecule has 2 N–H and O–H groups in total. The Labute approximate surface area is 145 Å². The maximum absolute atomic E-state index is 12.7. The first-order valence-electron chi connectivity index (χ1n) is 8.46. The molecule has 7 nitrogen and oxygen atoms in total. The minimum Gasteiger partial charge on any atom is -0.493 e. The highest BCUT2D eigenvalue weighted by Gasteiger charge is 2.28. The van der Waals surface area contributed by atoms with Crippen LogP contribution in [0.1, 0.15) is 22.3 Å². The summed E-state index contributed by atoms with van der Waals surface area (Å²) in [4.78, 5) is 20.8. The van der Waals surface area contributed by atoms with Crippen LogP contribution in [0.2, 0.25) is 0 Å². The maximum Gasteiger partial charge on any atom is 0.251 e. The van der Waals surface area contributed by atoms with Crippen LogP contribution in [0.25, 0.3) is 0 Å². The molecular weight excluding hydrogens is 320 g/mol. The molecule has 0 saturated carbocycles. The summed E-state index contributed by atoms with van der Waals surface area (Å²) in [7, 11) is 0. The third-order valence-electron chi connectivity index (χ3n) is 4.54. The molecular formula is C18H20N4O3. The highest BCUT2D eigenvalue weighted by molar-refractivity contribution is 5.95. The standard InChI is InChI=1S/C18H20N4O3/c23-18(13-1-2-16-12(9-13)4-8-25-16)22-14-5-7-24-10-15(14)21-17-3-6-19-11-20-17/h1-3,6,9,11,14-15H,4-5,7-8,10H2,(H,22,23)(H,19,20,21)/t14-,15+/m0/s1. The van der Waals surface area contributed by atoms with E-state index in [-0.39, 0.29) is 18.0 Å². The second kappa shape index (κ2) is 7.06. The largest absolute Gasteiger partial charge is 0.493 e. The molecule has 0 aliphatic carbocycles. The minimum atomic E-state index is -0.0731. The average molecular weight is 340 g/mol. The first-order chi connectivity index (χ1) is 12.3. The Morgan fingerprint density at radius 1 is 1.20 bits per heavy atom. The van der Waals surface area contributed by atoms with Gasteiger partial charge >= 0.3 is 0 Å². The van der Waals surface area contributed by atoms with Gasteiger partial charge in [-0.2, -0.15) is 0 Å². The van der Waals surface area contributed by atoms with E-state index >= 15 is 0 Å². The van der Waals surface area contributed by atoms with Crippen molar-refractivity contribution in [2.24, 2.45) is 0 Å². The quantitative estimate of drug-likeness (QED) is 0.875. The summed E-state index contributed by atoms with van der Waals surface area (Å²) in [6, 6.07) is 7.34. The summed E-state index contributed by atoms with van der Waals surface area (Å²) in [6.07, 6.45) is 4.78. The van der Waals surface area contributed by atoms with Crippen LogP contribution >= 0.6 is 0 Å². The van der Waals surface area contributed by atoms with Gasteiger partial charge in [-0.3, -0.25) is 4.79 Å². The van der Waals surface area contributed by atoms with E-state index in [1.54, 1.807) is 12.3 Å². The van der Waals surface area contributed by atoms with Crippen molar-refractivity contribution in [1.29, 1.82) is 0 Å². The lowest BCUT2D eigenvalue weighted by molar-refractivity contribution is 0.0620. The summed E-state index contributed by atoms with van der Waals surface area (Å²) in [5.74, 6) is 1.53. The fourth-order valence-corrected chi connectivity index (χ4v) is 3.20. The van der Waals surface area contributed by atoms with E-state index in [0.29, 0.717) is 25.4 Å². The third-order valence-corrected chi connectivity index (χ3v) is 4.54. The molecule has 1 fully saturated rings. The van der Waals surface area contributed by atoms with Gasteiger partial charge in [-0.1, -0.05) is 0 Å². The first-order valence-corrected chi connectivity index (χ1v) is 8.46. The van der Waals surface area contributed by atoms with Gasteiger partial charge in [0.1, 0.15) is 17.9 Å². The van der Waals surface area contributed by atoms with E-state index in [1.165, 1.54) is 6.33 Å². The van der Waals surface area contributed by atoms with Crippen molar-refractivity contribution < 1.29 is 14.3 Å². The van der Waals surface area contributed by atoms with Crippen LogP contribution in [0.5, 0.6) is 5.75 Å². The number of fused-ring (bicyclic) bond motifs is 1. The highest BCUT2D eigenvalue weighted by atomic mass is 16.5. The second-order valence-electron chi connectivity index (χ2n) is 6.21. The molecule has 2 aliphatic heterocycles. The smallest absolute Gasteiger partial charge is 0.251 e. The van der Waals surface area contributed by atoms with E-state index in [4.69, 9.17) is 9.47 Å². The van der Waals surface area contributed by atoms with Crippen LogP contribution in [0.4, 0.5) is 5.82 Å². The Bertz CT molecular complexity index is 753. The predicted molar refractivity (Wildman–Crippen MR) is 91.8 cm³/mol. The number of amides is 1. The summed E-state index contributed by atoms with van der Waals surface area (Å²) in [5, 5.41) is 6.45. The molecule has 7 heteroatoms. The zero-order valence-electron chi connectivity index (χ0n) is 13.8. The normalized spacial score (nSPS) is 21.9. The van der Waals surface area contributed by atoms with Crippen LogP contribution in [-0.2, 0) is 11.2 Å². The van der Waals surface area contributed by atoms with Crippen LogP contribution in [0.3, 0.4) is 0 Å². The lowest BCUT2D eigenvalue weighted by Crippen LogP contribution is -2.52. The van der Waals surface area contributed by atoms with Crippen molar-refractivity contribution in [1.82, 2.24) is 15.3 Å². The number of nitrogens with zero attached hydrogens (tertiary/aromatic N) is 2. The molecule has 0 spiro atoms. The zero-order chi connectivity index (χ0) is 17.1. The van der Waals surface area contributed by atoms with Crippen molar-refractivity contribution in [3.8, 4) is 5.75 Å². The molecule has 4 rings (SSSR count). The molecule has 0 radical (unpaired) electrons. The molecule has 2 aliphatic rings. The number of carbonyl (C=O) groups is 1. The number of aromatic nitrogens is 2. The maximum atomic E-state index is 12.7. The summed E-state index contributed by atoms with van der Waals surface area (Å²) in [5.41, 5.74) is 1.76. The molecule has 130 valence electrons. The molecule has 0 unspecified atom stereocenters. The van der Waals surface area contributed by atoms with Crippen LogP contribution < -0.4 is 15.4 Å². The van der Waals surface area contributed by atoms with Crippen LogP contribution in [0.15, 0.2) is 36.8 Å². The molecule has 1 saturated heterocycles. The number of hydrogen-bond donors (Lipinski definition) is 2. The van der Waals surface area contributed by atoms with Crippen molar-refractivity contribution >= 4 is 11.7 Å². The number of ether oxygens (including phenoxy) is 2. The minimum absolute atomic E-state index is 0.0271. The van der Waals surface area contributed by atoms with Gasteiger partial charge < -0.3 is 20.1 Å². The highest BCUT2D eigenvalue weighted by Crippen LogP contribution is 2.26. The van der Waals surface area contributed by atoms with Gasteiger partial charge in [0.2, 0.25) is 0 Å². The zero-order valence-corrected chi connectivity index (χ0v) is 13.8. The Morgan fingerprint density at radius 3 is 3.04 bits per heavy atom. The fraction of sp³-hybridized carbons (Fsp3) is 0.389. The van der Waals surface area contributed by atoms with Gasteiger partial charge in [-0.05, 0) is 36.2 Å². The monoisotopic (exact) mass is 340 g/mol. The summed E-state index contributed by atoms with van der Waals surface area (Å²) < 4.78 is 11.1. The van der Waals surface area contributed by atoms with Gasteiger partial charge in [0.25, 0.3) is 5.91 Å². The Balaban J connectivity index is 1.45. The first kappa shape index (κ1) is 15.8. The van der Waals surface area contributed by atoms with Gasteiger partial charge in [-0.25, -0.2) is 9.97 Å². The van der Waals surface area contributed by atoms with Crippen molar-refractivity contribution in [3.05, 3.63) is 47.9 Å². The van der Waals surface area contributed by atoms with Crippen LogP contribution in [0, 0.1) is 0 Å². The molecule has 0 bridgehead atoms. The lowest BCUT2D eigenvalue weighted by Gasteiger charge is -2.33. The average Bonchev–Trinajstić information content (AvgIpc) is 3.12. The predicted octanol–water partition coefficient (Wildman–Crippen LogP) is 1.41. The molecule has 25 heavy (non-hydrogen) atoms. The van der Waals surface area contributed by atoms with Crippen molar-refractivity contribution in [3.63, 3.8) is 0 Å². The Kier molecular flexibility index (Phi) is 4.47. The number of hydrogen-bond acceptors (Lipinski definition) is 6. The van der Waals surface area contributed by atoms with E-state index in [9.17, 15) is 4.79 Å². The topological polar surface area (TPSA) is 85.4 Å². The van der Waals surface area contributed by atoms with Gasteiger partial charge in [0.05, 0.1) is 25.3 Å². The van der Waals surface area contributed by atoms with Crippen LogP contribution in [-0.4, -0.2) is 47.8 Å². The molecule has 2 atom stereocenters. The molecule has 3 heterocycles. The fourth-order valence-electron chi connectivity index (χ4n) is 3.20. The molecule has 1 aromatic carbocycles. The van der Waals surface area contributed by atoms with E-state index in [0.717, 1.165) is 30.0 Å². The number of nitrogens with one attached hydrogen (secondary N) is 2. The second-order valence-corrected chi connectivity index (χ2v) is 6.21. The van der Waals surface area contributed by atoms with E-state index in [2.05, 4.69) is 20.6 Å². The van der Waals surface area contributed by atoms with E-state index < -0.39 is 0 Å². The van der Waals surface area contributed by atoms with Gasteiger partial charge in [0.15, 0.2) is 0 Å². The van der Waals surface area contributed by atoms with Crippen molar-refractivity contribution in [2.75, 3.05) is 25.1 Å². The van der Waals surface area contributed by atoms with Gasteiger partial charge in [0, 0.05) is 24.8 Å².